The zero-order valence-corrected chi connectivity index (χ0v) is 15.2. The summed E-state index contributed by atoms with van der Waals surface area (Å²) in [6.07, 6.45) is 0.523. The summed E-state index contributed by atoms with van der Waals surface area (Å²) in [4.78, 5) is 36.9. The summed E-state index contributed by atoms with van der Waals surface area (Å²) < 4.78 is 13.9. The number of amides is 2. The van der Waals surface area contributed by atoms with Crippen LogP contribution in [0.4, 0.5) is 4.39 Å². The highest BCUT2D eigenvalue weighted by molar-refractivity contribution is 6.04. The van der Waals surface area contributed by atoms with Gasteiger partial charge in [0.05, 0.1) is 5.39 Å². The third kappa shape index (κ3) is 4.22. The quantitative estimate of drug-likeness (QED) is 0.671. The fourth-order valence-electron chi connectivity index (χ4n) is 2.82. The van der Waals surface area contributed by atoms with Gasteiger partial charge in [0.1, 0.15) is 12.4 Å². The van der Waals surface area contributed by atoms with Crippen molar-refractivity contribution in [3.63, 3.8) is 0 Å². The van der Waals surface area contributed by atoms with Crippen molar-refractivity contribution in [2.45, 2.75) is 13.0 Å². The van der Waals surface area contributed by atoms with Crippen molar-refractivity contribution in [1.29, 1.82) is 0 Å². The minimum atomic E-state index is -0.447. The second kappa shape index (κ2) is 8.43. The number of nitrogens with zero attached hydrogens (tertiary/aromatic N) is 2. The van der Waals surface area contributed by atoms with Crippen LogP contribution in [0, 0.1) is 5.82 Å². The van der Waals surface area contributed by atoms with Crippen LogP contribution >= 0.6 is 0 Å². The molecule has 144 valence electrons. The molecule has 8 heteroatoms. The maximum Gasteiger partial charge on any atom is 0.275 e. The van der Waals surface area contributed by atoms with Crippen LogP contribution in [0.1, 0.15) is 16.1 Å². The Morgan fingerprint density at radius 3 is 2.43 bits per heavy atom. The van der Waals surface area contributed by atoms with E-state index in [-0.39, 0.29) is 18.1 Å². The summed E-state index contributed by atoms with van der Waals surface area (Å²) in [6, 6.07) is 12.6. The van der Waals surface area contributed by atoms with Crippen LogP contribution in [-0.4, -0.2) is 35.2 Å². The fraction of sp³-hybridized carbons (Fsp3) is 0.200. The molecule has 3 aromatic rings. The summed E-state index contributed by atoms with van der Waals surface area (Å²) in [7, 11) is 1.47. The molecule has 0 aliphatic carbocycles. The van der Waals surface area contributed by atoms with Crippen LogP contribution in [0.5, 0.6) is 0 Å². The molecule has 2 N–H and O–H groups in total. The molecule has 7 nitrogen and oxygen atoms in total. The Morgan fingerprint density at radius 2 is 1.75 bits per heavy atom. The maximum absolute atomic E-state index is 12.9. The van der Waals surface area contributed by atoms with Crippen LogP contribution in [-0.2, 0) is 17.8 Å². The van der Waals surface area contributed by atoms with Gasteiger partial charge in [-0.15, -0.1) is 0 Å². The van der Waals surface area contributed by atoms with E-state index in [2.05, 4.69) is 15.7 Å². The predicted molar refractivity (Wildman–Crippen MR) is 103 cm³/mol. The van der Waals surface area contributed by atoms with Crippen molar-refractivity contribution in [3.8, 4) is 0 Å². The van der Waals surface area contributed by atoms with E-state index in [1.165, 1.54) is 19.2 Å². The number of nitrogens with one attached hydrogen (secondary N) is 2. The number of carbonyl (C=O) groups excluding carboxylic acids is 2. The second-order valence-electron chi connectivity index (χ2n) is 6.16. The van der Waals surface area contributed by atoms with Gasteiger partial charge in [0.15, 0.2) is 5.69 Å². The van der Waals surface area contributed by atoms with Gasteiger partial charge in [0, 0.05) is 19.0 Å². The number of halogens is 1. The first-order chi connectivity index (χ1) is 13.5. The van der Waals surface area contributed by atoms with Gasteiger partial charge in [0.2, 0.25) is 5.91 Å². The molecule has 0 fully saturated rings. The van der Waals surface area contributed by atoms with Crippen LogP contribution in [0.25, 0.3) is 10.8 Å². The number of hydrogen-bond donors (Lipinski definition) is 2. The zero-order valence-electron chi connectivity index (χ0n) is 15.2. The Hall–Kier alpha value is -3.55. The summed E-state index contributed by atoms with van der Waals surface area (Å²) in [5.41, 5.74) is 0.512. The highest BCUT2D eigenvalue weighted by Crippen LogP contribution is 2.13. The van der Waals surface area contributed by atoms with Gasteiger partial charge in [-0.2, -0.15) is 5.10 Å². The molecule has 0 atom stereocenters. The molecule has 1 aromatic heterocycles. The summed E-state index contributed by atoms with van der Waals surface area (Å²) in [6.45, 7) is 0.0200. The molecular formula is C20H19FN4O3. The number of aromatic nitrogens is 2. The molecule has 0 saturated carbocycles. The molecule has 2 amide bonds. The molecule has 0 unspecified atom stereocenters. The van der Waals surface area contributed by atoms with Gasteiger partial charge in [0.25, 0.3) is 11.5 Å². The molecule has 0 saturated heterocycles. The zero-order chi connectivity index (χ0) is 20.1. The molecule has 0 radical (unpaired) electrons. The number of benzene rings is 2. The number of carbonyl (C=O) groups is 2. The molecule has 0 bridgehead atoms. The Labute approximate surface area is 160 Å². The van der Waals surface area contributed by atoms with Crippen molar-refractivity contribution in [2.75, 3.05) is 13.6 Å². The minimum Gasteiger partial charge on any atom is -0.354 e. The second-order valence-corrected chi connectivity index (χ2v) is 6.16. The van der Waals surface area contributed by atoms with E-state index >= 15 is 0 Å². The van der Waals surface area contributed by atoms with E-state index in [1.807, 2.05) is 0 Å². The predicted octanol–water partition coefficient (Wildman–Crippen LogP) is 1.25. The maximum atomic E-state index is 12.9. The monoisotopic (exact) mass is 382 g/mol. The Morgan fingerprint density at radius 1 is 1.07 bits per heavy atom. The Bertz CT molecular complexity index is 1080. The first-order valence-electron chi connectivity index (χ1n) is 8.72. The lowest BCUT2D eigenvalue weighted by molar-refractivity contribution is -0.121. The van der Waals surface area contributed by atoms with Crippen LogP contribution in [0.15, 0.2) is 53.3 Å². The van der Waals surface area contributed by atoms with Crippen molar-refractivity contribution in [3.05, 3.63) is 76.0 Å². The first-order valence-corrected chi connectivity index (χ1v) is 8.72. The molecular weight excluding hydrogens is 363 g/mol. The van der Waals surface area contributed by atoms with E-state index in [4.69, 9.17) is 0 Å². The number of rotatable bonds is 6. The summed E-state index contributed by atoms with van der Waals surface area (Å²) in [5.74, 6) is -1.17. The first kappa shape index (κ1) is 19.2. The minimum absolute atomic E-state index is 0.0804. The van der Waals surface area contributed by atoms with Gasteiger partial charge in [-0.1, -0.05) is 30.3 Å². The summed E-state index contributed by atoms with van der Waals surface area (Å²) >= 11 is 0. The third-order valence-corrected chi connectivity index (χ3v) is 4.25. The number of fused-ring (bicyclic) bond motifs is 1. The highest BCUT2D eigenvalue weighted by Gasteiger charge is 2.16. The van der Waals surface area contributed by atoms with Crippen molar-refractivity contribution >= 4 is 22.6 Å². The topological polar surface area (TPSA) is 93.1 Å². The van der Waals surface area contributed by atoms with Crippen molar-refractivity contribution in [2.24, 2.45) is 0 Å². The lowest BCUT2D eigenvalue weighted by Crippen LogP contribution is -2.36. The van der Waals surface area contributed by atoms with Gasteiger partial charge in [-0.3, -0.25) is 14.4 Å². The van der Waals surface area contributed by atoms with Gasteiger partial charge in [-0.05, 0) is 30.2 Å². The van der Waals surface area contributed by atoms with Crippen LogP contribution in [0.3, 0.4) is 0 Å². The van der Waals surface area contributed by atoms with E-state index < -0.39 is 17.4 Å². The van der Waals surface area contributed by atoms with E-state index in [9.17, 15) is 18.8 Å². The van der Waals surface area contributed by atoms with E-state index in [0.29, 0.717) is 23.7 Å². The average Bonchev–Trinajstić information content (AvgIpc) is 2.71. The van der Waals surface area contributed by atoms with Crippen LogP contribution in [0.2, 0.25) is 0 Å². The van der Waals surface area contributed by atoms with Gasteiger partial charge in [-0.25, -0.2) is 9.07 Å². The molecule has 2 aromatic carbocycles. The highest BCUT2D eigenvalue weighted by atomic mass is 19.1. The molecule has 0 aliphatic heterocycles. The van der Waals surface area contributed by atoms with Crippen molar-refractivity contribution in [1.82, 2.24) is 20.4 Å². The SMILES string of the molecule is CNC(=O)c1nn(CC(=O)NCCc2ccc(F)cc2)c(=O)c2ccccc12. The van der Waals surface area contributed by atoms with Gasteiger partial charge >= 0.3 is 0 Å². The summed E-state index contributed by atoms with van der Waals surface area (Å²) in [5, 5.41) is 10.0. The smallest absolute Gasteiger partial charge is 0.275 e. The molecule has 0 aliphatic rings. The molecule has 3 rings (SSSR count). The Kier molecular flexibility index (Phi) is 5.78. The Balaban J connectivity index is 1.75. The lowest BCUT2D eigenvalue weighted by atomic mass is 10.1. The van der Waals surface area contributed by atoms with Crippen molar-refractivity contribution < 1.29 is 14.0 Å². The third-order valence-electron chi connectivity index (χ3n) is 4.25. The van der Waals surface area contributed by atoms with E-state index in [1.54, 1.807) is 36.4 Å². The lowest BCUT2D eigenvalue weighted by Gasteiger charge is -2.10. The number of hydrogen-bond acceptors (Lipinski definition) is 4. The average molecular weight is 382 g/mol. The van der Waals surface area contributed by atoms with E-state index in [0.717, 1.165) is 10.2 Å². The standard InChI is InChI=1S/C20H19FN4O3/c1-22-19(27)18-15-4-2-3-5-16(15)20(28)25(24-18)12-17(26)23-11-10-13-6-8-14(21)9-7-13/h2-9H,10-12H2,1H3,(H,22,27)(H,23,26). The fourth-order valence-corrected chi connectivity index (χ4v) is 2.82. The molecule has 28 heavy (non-hydrogen) atoms. The largest absolute Gasteiger partial charge is 0.354 e. The molecule has 0 spiro atoms. The van der Waals surface area contributed by atoms with Crippen LogP contribution < -0.4 is 16.2 Å². The normalized spacial score (nSPS) is 10.6. The molecule has 1 heterocycles. The van der Waals surface area contributed by atoms with Gasteiger partial charge < -0.3 is 10.6 Å².